The smallest absolute Gasteiger partial charge is 0.227 e. The van der Waals surface area contributed by atoms with Crippen LogP contribution in [0.2, 0.25) is 0 Å². The van der Waals surface area contributed by atoms with Crippen molar-refractivity contribution in [2.24, 2.45) is 0 Å². The van der Waals surface area contributed by atoms with E-state index in [9.17, 15) is 13.6 Å². The van der Waals surface area contributed by atoms with E-state index in [1.165, 1.54) is 12.1 Å². The summed E-state index contributed by atoms with van der Waals surface area (Å²) in [6.45, 7) is 1.42. The van der Waals surface area contributed by atoms with Crippen LogP contribution in [0.3, 0.4) is 0 Å². The molecule has 3 heterocycles. The van der Waals surface area contributed by atoms with Gasteiger partial charge in [0, 0.05) is 18.7 Å². The van der Waals surface area contributed by atoms with Crippen LogP contribution in [0.5, 0.6) is 0 Å². The molecule has 1 fully saturated rings. The van der Waals surface area contributed by atoms with Crippen molar-refractivity contribution in [1.82, 2.24) is 19.9 Å². The van der Waals surface area contributed by atoms with Gasteiger partial charge in [0.1, 0.15) is 0 Å². The number of likely N-dealkylation sites (tertiary alicyclic amines) is 1. The third kappa shape index (κ3) is 2.56. The van der Waals surface area contributed by atoms with Crippen molar-refractivity contribution in [1.29, 1.82) is 0 Å². The highest BCUT2D eigenvalue weighted by molar-refractivity contribution is 5.79. The SMILES string of the molecule is O=C(Cc1cccc(F)c1F)N1CC[C@H]2OCc3cnnn3[C@H]2C1. The number of carbonyl (C=O) groups is 1. The van der Waals surface area contributed by atoms with E-state index < -0.39 is 11.6 Å². The summed E-state index contributed by atoms with van der Waals surface area (Å²) in [5, 5.41) is 7.98. The Morgan fingerprint density at radius 2 is 2.25 bits per heavy atom. The summed E-state index contributed by atoms with van der Waals surface area (Å²) in [4.78, 5) is 14.2. The number of fused-ring (bicyclic) bond motifs is 3. The lowest BCUT2D eigenvalue weighted by Crippen LogP contribution is -2.50. The van der Waals surface area contributed by atoms with E-state index in [4.69, 9.17) is 4.74 Å². The predicted molar refractivity (Wildman–Crippen MR) is 78.9 cm³/mol. The first kappa shape index (κ1) is 15.2. The minimum Gasteiger partial charge on any atom is -0.370 e. The zero-order valence-electron chi connectivity index (χ0n) is 12.9. The average molecular weight is 334 g/mol. The Labute approximate surface area is 137 Å². The van der Waals surface area contributed by atoms with Crippen LogP contribution in [0.1, 0.15) is 23.7 Å². The number of hydrogen-bond donors (Lipinski definition) is 0. The molecule has 0 unspecified atom stereocenters. The molecule has 0 radical (unpaired) electrons. The number of aromatic nitrogens is 3. The van der Waals surface area contributed by atoms with E-state index in [2.05, 4.69) is 10.3 Å². The van der Waals surface area contributed by atoms with E-state index in [1.54, 1.807) is 15.8 Å². The van der Waals surface area contributed by atoms with Crippen LogP contribution >= 0.6 is 0 Å². The number of rotatable bonds is 2. The van der Waals surface area contributed by atoms with Crippen LogP contribution in [-0.2, 0) is 22.6 Å². The molecule has 1 aromatic carbocycles. The molecule has 2 atom stereocenters. The summed E-state index contributed by atoms with van der Waals surface area (Å²) in [7, 11) is 0. The van der Waals surface area contributed by atoms with Crippen LogP contribution in [0, 0.1) is 11.6 Å². The summed E-state index contributed by atoms with van der Waals surface area (Å²) >= 11 is 0. The van der Waals surface area contributed by atoms with Crippen LogP contribution < -0.4 is 0 Å². The molecule has 2 aliphatic rings. The van der Waals surface area contributed by atoms with Crippen LogP contribution in [-0.4, -0.2) is 45.0 Å². The molecule has 0 N–H and O–H groups in total. The second kappa shape index (κ2) is 5.94. The zero-order chi connectivity index (χ0) is 16.7. The van der Waals surface area contributed by atoms with Gasteiger partial charge in [-0.2, -0.15) is 0 Å². The summed E-state index contributed by atoms with van der Waals surface area (Å²) < 4.78 is 34.7. The zero-order valence-corrected chi connectivity index (χ0v) is 12.9. The highest BCUT2D eigenvalue weighted by Gasteiger charge is 2.37. The quantitative estimate of drug-likeness (QED) is 0.834. The molecule has 2 aliphatic heterocycles. The normalized spacial score (nSPS) is 22.8. The molecule has 0 aliphatic carbocycles. The molecule has 126 valence electrons. The fourth-order valence-corrected chi connectivity index (χ4v) is 3.37. The van der Waals surface area contributed by atoms with Gasteiger partial charge in [0.15, 0.2) is 11.6 Å². The molecule has 0 spiro atoms. The lowest BCUT2D eigenvalue weighted by atomic mass is 9.99. The van der Waals surface area contributed by atoms with Crippen molar-refractivity contribution >= 4 is 5.91 Å². The Hall–Kier alpha value is -2.35. The maximum Gasteiger partial charge on any atom is 0.227 e. The number of ether oxygens (including phenoxy) is 1. The molecule has 2 aromatic rings. The second-order valence-corrected chi connectivity index (χ2v) is 6.10. The van der Waals surface area contributed by atoms with Gasteiger partial charge in [0.05, 0.1) is 37.1 Å². The Morgan fingerprint density at radius 1 is 1.38 bits per heavy atom. The van der Waals surface area contributed by atoms with Crippen molar-refractivity contribution in [2.45, 2.75) is 31.6 Å². The number of hydrogen-bond acceptors (Lipinski definition) is 4. The van der Waals surface area contributed by atoms with E-state index in [0.717, 1.165) is 11.8 Å². The molecular formula is C16H16F2N4O2. The Balaban J connectivity index is 1.50. The van der Waals surface area contributed by atoms with Gasteiger partial charge >= 0.3 is 0 Å². The summed E-state index contributed by atoms with van der Waals surface area (Å²) in [6.07, 6.45) is 2.17. The molecule has 1 aromatic heterocycles. The largest absolute Gasteiger partial charge is 0.370 e. The third-order valence-corrected chi connectivity index (χ3v) is 4.65. The Morgan fingerprint density at radius 3 is 3.12 bits per heavy atom. The third-order valence-electron chi connectivity index (χ3n) is 4.65. The molecule has 4 rings (SSSR count). The topological polar surface area (TPSA) is 60.3 Å². The van der Waals surface area contributed by atoms with Crippen LogP contribution in [0.4, 0.5) is 8.78 Å². The maximum absolute atomic E-state index is 13.8. The number of amides is 1. The molecule has 0 saturated carbocycles. The van der Waals surface area contributed by atoms with Gasteiger partial charge in [-0.05, 0) is 12.5 Å². The van der Waals surface area contributed by atoms with Crippen molar-refractivity contribution in [3.8, 4) is 0 Å². The number of benzene rings is 1. The van der Waals surface area contributed by atoms with Crippen LogP contribution in [0.25, 0.3) is 0 Å². The highest BCUT2D eigenvalue weighted by Crippen LogP contribution is 2.30. The average Bonchev–Trinajstić information content (AvgIpc) is 3.07. The first-order chi connectivity index (χ1) is 11.6. The van der Waals surface area contributed by atoms with Gasteiger partial charge in [-0.15, -0.1) is 5.10 Å². The number of nitrogens with zero attached hydrogens (tertiary/aromatic N) is 4. The number of halogens is 2. The summed E-state index contributed by atoms with van der Waals surface area (Å²) in [5.41, 5.74) is 0.949. The molecule has 6 nitrogen and oxygen atoms in total. The molecule has 0 bridgehead atoms. The fourth-order valence-electron chi connectivity index (χ4n) is 3.37. The molecule has 1 saturated heterocycles. The van der Waals surface area contributed by atoms with E-state index in [-0.39, 0.29) is 30.0 Å². The lowest BCUT2D eigenvalue weighted by Gasteiger charge is -2.41. The fraction of sp³-hybridized carbons (Fsp3) is 0.438. The van der Waals surface area contributed by atoms with E-state index in [1.807, 2.05) is 0 Å². The molecule has 24 heavy (non-hydrogen) atoms. The Kier molecular flexibility index (Phi) is 3.76. The molecule has 1 amide bonds. The van der Waals surface area contributed by atoms with Gasteiger partial charge in [0.25, 0.3) is 0 Å². The van der Waals surface area contributed by atoms with Crippen molar-refractivity contribution < 1.29 is 18.3 Å². The minimum atomic E-state index is -0.958. The van der Waals surface area contributed by atoms with Gasteiger partial charge < -0.3 is 9.64 Å². The van der Waals surface area contributed by atoms with Crippen molar-refractivity contribution in [3.63, 3.8) is 0 Å². The van der Waals surface area contributed by atoms with E-state index in [0.29, 0.717) is 26.1 Å². The lowest BCUT2D eigenvalue weighted by molar-refractivity contribution is -0.137. The van der Waals surface area contributed by atoms with E-state index >= 15 is 0 Å². The first-order valence-corrected chi connectivity index (χ1v) is 7.85. The van der Waals surface area contributed by atoms with Gasteiger partial charge in [-0.1, -0.05) is 17.3 Å². The second-order valence-electron chi connectivity index (χ2n) is 6.10. The number of piperidine rings is 1. The van der Waals surface area contributed by atoms with Gasteiger partial charge in [-0.25, -0.2) is 13.5 Å². The first-order valence-electron chi connectivity index (χ1n) is 7.85. The van der Waals surface area contributed by atoms with Crippen LogP contribution in [0.15, 0.2) is 24.4 Å². The highest BCUT2D eigenvalue weighted by atomic mass is 19.2. The monoisotopic (exact) mass is 334 g/mol. The maximum atomic E-state index is 13.8. The summed E-state index contributed by atoms with van der Waals surface area (Å²) in [6, 6.07) is 3.79. The predicted octanol–water partition coefficient (Wildman–Crippen LogP) is 1.47. The Bertz CT molecular complexity index is 779. The van der Waals surface area contributed by atoms with Gasteiger partial charge in [0.2, 0.25) is 5.91 Å². The van der Waals surface area contributed by atoms with Gasteiger partial charge in [-0.3, -0.25) is 4.79 Å². The van der Waals surface area contributed by atoms with Crippen molar-refractivity contribution in [3.05, 3.63) is 47.3 Å². The molecular weight excluding hydrogens is 318 g/mol. The standard InChI is InChI=1S/C16H16F2N4O2/c17-12-3-1-2-10(16(12)18)6-15(23)21-5-4-14-13(8-21)22-11(9-24-14)7-19-20-22/h1-3,7,13-14H,4-6,8-9H2/t13-,14+/m0/s1. The summed E-state index contributed by atoms with van der Waals surface area (Å²) in [5.74, 6) is -2.13. The molecule has 8 heteroatoms. The number of carbonyl (C=O) groups excluding carboxylic acids is 1. The minimum absolute atomic E-state index is 0.00541. The van der Waals surface area contributed by atoms with Crippen molar-refractivity contribution in [2.75, 3.05) is 13.1 Å².